The van der Waals surface area contributed by atoms with Crippen molar-refractivity contribution in [3.8, 4) is 11.5 Å². The fourth-order valence-electron chi connectivity index (χ4n) is 6.20. The fraction of sp³-hybridized carbons (Fsp3) is 0.667. The molecule has 52 heavy (non-hydrogen) atoms. The predicted molar refractivity (Wildman–Crippen MR) is 191 cm³/mol. The molecule has 11 nitrogen and oxygen atoms in total. The fourth-order valence-corrected chi connectivity index (χ4v) is 6.20. The molecule has 2 aromatic carbocycles. The Bertz CT molecular complexity index is 1290. The lowest BCUT2D eigenvalue weighted by Crippen LogP contribution is -2.60. The van der Waals surface area contributed by atoms with Crippen molar-refractivity contribution in [1.82, 2.24) is 5.32 Å². The summed E-state index contributed by atoms with van der Waals surface area (Å²) in [4.78, 5) is 13.1. The molecule has 0 spiro atoms. The van der Waals surface area contributed by atoms with Crippen molar-refractivity contribution >= 4 is 5.91 Å². The first kappa shape index (κ1) is 43.7. The number of carbonyl (C=O) groups is 1. The van der Waals surface area contributed by atoms with Crippen LogP contribution in [0.25, 0.3) is 0 Å². The van der Waals surface area contributed by atoms with Gasteiger partial charge in [0.25, 0.3) is 0 Å². The highest BCUT2D eigenvalue weighted by molar-refractivity contribution is 5.76. The molecule has 0 aliphatic carbocycles. The lowest BCUT2D eigenvalue weighted by molar-refractivity contribution is -0.303. The Kier molecular flexibility index (Phi) is 20.0. The van der Waals surface area contributed by atoms with Gasteiger partial charge in [-0.05, 0) is 42.7 Å². The third-order valence-electron chi connectivity index (χ3n) is 9.49. The van der Waals surface area contributed by atoms with Crippen LogP contribution in [0.5, 0.6) is 11.5 Å². The monoisotopic (exact) mass is 739 g/mol. The van der Waals surface area contributed by atoms with Crippen LogP contribution in [0.4, 0.5) is 8.78 Å². The zero-order valence-corrected chi connectivity index (χ0v) is 30.3. The molecule has 0 aromatic heterocycles. The van der Waals surface area contributed by atoms with Gasteiger partial charge >= 0.3 is 0 Å². The van der Waals surface area contributed by atoms with Crippen LogP contribution in [0.1, 0.15) is 102 Å². The third-order valence-corrected chi connectivity index (χ3v) is 9.49. The summed E-state index contributed by atoms with van der Waals surface area (Å²) in [5.41, 5.74) is 0.773. The Morgan fingerprint density at radius 2 is 1.40 bits per heavy atom. The van der Waals surface area contributed by atoms with Gasteiger partial charge < -0.3 is 50.2 Å². The van der Waals surface area contributed by atoms with E-state index in [2.05, 4.69) is 12.2 Å². The van der Waals surface area contributed by atoms with Crippen molar-refractivity contribution in [1.29, 1.82) is 0 Å². The van der Waals surface area contributed by atoms with Gasteiger partial charge in [0, 0.05) is 12.5 Å². The number of benzene rings is 2. The third kappa shape index (κ3) is 14.9. The number of halogens is 2. The van der Waals surface area contributed by atoms with Crippen molar-refractivity contribution < 1.29 is 58.4 Å². The highest BCUT2D eigenvalue weighted by atomic mass is 19.2. The van der Waals surface area contributed by atoms with Crippen LogP contribution >= 0.6 is 0 Å². The minimum atomic E-state index is -1.67. The molecular weight excluding hydrogens is 680 g/mol. The van der Waals surface area contributed by atoms with Crippen LogP contribution in [-0.4, -0.2) is 98.7 Å². The number of aliphatic hydroxyl groups is 6. The van der Waals surface area contributed by atoms with Crippen LogP contribution in [0.2, 0.25) is 0 Å². The summed E-state index contributed by atoms with van der Waals surface area (Å²) in [6.45, 7) is 1.15. The summed E-state index contributed by atoms with van der Waals surface area (Å²) in [6, 6.07) is 8.77. The lowest BCUT2D eigenvalue weighted by Gasteiger charge is -2.40. The van der Waals surface area contributed by atoms with Crippen molar-refractivity contribution in [2.24, 2.45) is 0 Å². The highest BCUT2D eigenvalue weighted by Gasteiger charge is 2.44. The van der Waals surface area contributed by atoms with E-state index in [1.54, 1.807) is 24.3 Å². The van der Waals surface area contributed by atoms with E-state index >= 15 is 0 Å². The summed E-state index contributed by atoms with van der Waals surface area (Å²) in [5, 5.41) is 64.8. The number of ether oxygens (including phenoxy) is 3. The number of hydrogen-bond acceptors (Lipinski definition) is 10. The van der Waals surface area contributed by atoms with Gasteiger partial charge in [-0.25, -0.2) is 8.78 Å². The van der Waals surface area contributed by atoms with E-state index in [0.29, 0.717) is 25.0 Å². The molecule has 1 fully saturated rings. The van der Waals surface area contributed by atoms with Crippen LogP contribution < -0.4 is 10.1 Å². The minimum Gasteiger partial charge on any atom is -0.457 e. The van der Waals surface area contributed by atoms with Crippen molar-refractivity contribution in [2.75, 3.05) is 13.2 Å². The van der Waals surface area contributed by atoms with Gasteiger partial charge in [0.15, 0.2) is 17.9 Å². The van der Waals surface area contributed by atoms with E-state index in [1.165, 1.54) is 57.4 Å². The summed E-state index contributed by atoms with van der Waals surface area (Å²) >= 11 is 0. The molecule has 1 aliphatic rings. The number of aliphatic hydroxyl groups excluding tert-OH is 6. The molecule has 2 unspecified atom stereocenters. The maximum absolute atomic E-state index is 13.5. The normalized spacial score (nSPS) is 22.1. The summed E-state index contributed by atoms with van der Waals surface area (Å²) < 4.78 is 43.3. The second-order valence-corrected chi connectivity index (χ2v) is 13.8. The largest absolute Gasteiger partial charge is 0.457 e. The van der Waals surface area contributed by atoms with Gasteiger partial charge in [-0.2, -0.15) is 0 Å². The van der Waals surface area contributed by atoms with Crippen LogP contribution in [0, 0.1) is 11.6 Å². The molecule has 0 bridgehead atoms. The summed E-state index contributed by atoms with van der Waals surface area (Å²) in [7, 11) is 0. The average Bonchev–Trinajstić information content (AvgIpc) is 3.14. The Balaban J connectivity index is 1.50. The van der Waals surface area contributed by atoms with E-state index < -0.39 is 79.7 Å². The Morgan fingerprint density at radius 3 is 2.00 bits per heavy atom. The molecule has 13 heteroatoms. The number of aryl methyl sites for hydroxylation is 1. The van der Waals surface area contributed by atoms with Crippen LogP contribution in [0.3, 0.4) is 0 Å². The lowest BCUT2D eigenvalue weighted by atomic mass is 9.98. The van der Waals surface area contributed by atoms with Crippen LogP contribution in [-0.2, 0) is 20.7 Å². The topological polar surface area (TPSA) is 178 Å². The predicted octanol–water partition coefficient (Wildman–Crippen LogP) is 4.80. The van der Waals surface area contributed by atoms with Gasteiger partial charge in [0.2, 0.25) is 5.91 Å². The summed E-state index contributed by atoms with van der Waals surface area (Å²) in [5.74, 6) is -1.96. The molecule has 1 amide bonds. The standard InChI is InChI=1S/C39H59F2NO10/c1-2-3-4-5-6-7-8-9-10-11-12-13-14-32(44)35(46)31(25-50-39-38(49)37(48)36(47)33(24-43)52-39)42-34(45)22-17-26-15-18-27(19-16-26)51-28-20-21-29(40)30(41)23-28/h15-16,18-21,23,31-33,35-39,43-44,46-49H,2-14,17,22,24-25H2,1H3,(H,42,45)/t31-,32+,33?,35-,36-,37-,38?,39-/m0/s1. The molecule has 1 saturated heterocycles. The number of nitrogens with one attached hydrogen (secondary N) is 1. The Hall–Kier alpha value is -2.75. The van der Waals surface area contributed by atoms with E-state index in [1.807, 2.05) is 0 Å². The molecule has 1 heterocycles. The summed E-state index contributed by atoms with van der Waals surface area (Å²) in [6.07, 6.45) is 4.20. The molecule has 8 atom stereocenters. The quantitative estimate of drug-likeness (QED) is 0.0700. The molecular formula is C39H59F2NO10. The van der Waals surface area contributed by atoms with Crippen molar-refractivity contribution in [3.63, 3.8) is 0 Å². The SMILES string of the molecule is CCCCCCCCCCCCCC[C@@H](O)[C@@H](O)[C@H](CO[C@H]1OC(CO)[C@H](O)[C@H](O)C1O)NC(=O)CCc1ccc(Oc2ccc(F)c(F)c2)cc1. The second-order valence-electron chi connectivity index (χ2n) is 13.8. The van der Waals surface area contributed by atoms with Crippen molar-refractivity contribution in [3.05, 3.63) is 59.7 Å². The first-order chi connectivity index (χ1) is 25.0. The number of amides is 1. The van der Waals surface area contributed by atoms with E-state index in [0.717, 1.165) is 37.0 Å². The minimum absolute atomic E-state index is 0.00147. The maximum Gasteiger partial charge on any atom is 0.220 e. The Labute approximate surface area is 305 Å². The first-order valence-corrected chi connectivity index (χ1v) is 18.8. The molecule has 294 valence electrons. The van der Waals surface area contributed by atoms with E-state index in [-0.39, 0.29) is 12.2 Å². The average molecular weight is 740 g/mol. The van der Waals surface area contributed by atoms with Gasteiger partial charge in [0.05, 0.1) is 25.4 Å². The number of hydrogen-bond donors (Lipinski definition) is 7. The molecule has 7 N–H and O–H groups in total. The number of carbonyl (C=O) groups excluding carboxylic acids is 1. The molecule has 2 aromatic rings. The number of rotatable bonds is 25. The van der Waals surface area contributed by atoms with E-state index in [9.17, 15) is 44.2 Å². The smallest absolute Gasteiger partial charge is 0.220 e. The highest BCUT2D eigenvalue weighted by Crippen LogP contribution is 2.25. The second kappa shape index (κ2) is 23.8. The maximum atomic E-state index is 13.5. The van der Waals surface area contributed by atoms with Crippen LogP contribution in [0.15, 0.2) is 42.5 Å². The van der Waals surface area contributed by atoms with Gasteiger partial charge in [-0.1, -0.05) is 96.1 Å². The van der Waals surface area contributed by atoms with E-state index in [4.69, 9.17) is 14.2 Å². The first-order valence-electron chi connectivity index (χ1n) is 18.8. The number of unbranched alkanes of at least 4 members (excludes halogenated alkanes) is 11. The Morgan fingerprint density at radius 1 is 0.808 bits per heavy atom. The zero-order chi connectivity index (χ0) is 37.9. The zero-order valence-electron chi connectivity index (χ0n) is 30.3. The van der Waals surface area contributed by atoms with Gasteiger partial charge in [-0.3, -0.25) is 4.79 Å². The van der Waals surface area contributed by atoms with Crippen molar-refractivity contribution in [2.45, 2.75) is 152 Å². The molecule has 3 rings (SSSR count). The molecule has 0 radical (unpaired) electrons. The van der Waals surface area contributed by atoms with Gasteiger partial charge in [-0.15, -0.1) is 0 Å². The molecule has 1 aliphatic heterocycles. The van der Waals surface area contributed by atoms with Gasteiger partial charge in [0.1, 0.15) is 42.0 Å². The molecule has 0 saturated carbocycles.